The number of rotatable bonds is 8. The van der Waals surface area contributed by atoms with Gasteiger partial charge in [0, 0.05) is 11.9 Å². The van der Waals surface area contributed by atoms with Gasteiger partial charge in [0.2, 0.25) is 0 Å². The van der Waals surface area contributed by atoms with Crippen LogP contribution < -0.4 is 0 Å². The van der Waals surface area contributed by atoms with Gasteiger partial charge in [0.1, 0.15) is 12.0 Å². The Morgan fingerprint density at radius 2 is 1.64 bits per heavy atom. The third-order valence-electron chi connectivity index (χ3n) is 5.93. The Morgan fingerprint density at radius 3 is 2.42 bits per heavy atom. The zero-order valence-electron chi connectivity index (χ0n) is 19.5. The van der Waals surface area contributed by atoms with Crippen molar-refractivity contribution in [2.24, 2.45) is 0 Å². The van der Waals surface area contributed by atoms with E-state index in [1.807, 2.05) is 88.3 Å². The lowest BCUT2D eigenvalue weighted by molar-refractivity contribution is 0.365. The molecule has 5 rings (SSSR count). The Morgan fingerprint density at radius 1 is 0.861 bits per heavy atom. The summed E-state index contributed by atoms with van der Waals surface area (Å²) in [6.07, 6.45) is 1.67. The van der Waals surface area contributed by atoms with E-state index < -0.39 is 0 Å². The summed E-state index contributed by atoms with van der Waals surface area (Å²) in [4.78, 5) is 19.0. The van der Waals surface area contributed by atoms with Gasteiger partial charge in [-0.25, -0.2) is 9.78 Å². The van der Waals surface area contributed by atoms with Gasteiger partial charge < -0.3 is 9.47 Å². The quantitative estimate of drug-likeness (QED) is 0.308. The standard InChI is InChI=1S/C29H22N6O/c30-16-22-10-12-24(13-11-22)18-35-21-31-33-29(35)19-34(17-23-6-2-1-3-7-23)28(20-36)27-15-14-25-8-4-5-9-26(25)32-27/h1-15,21H,17-19H2. The number of pyridine rings is 1. The maximum absolute atomic E-state index is 12.3. The minimum Gasteiger partial charge on any atom is -0.349 e. The van der Waals surface area contributed by atoms with E-state index in [-0.39, 0.29) is 0 Å². The molecule has 0 aliphatic rings. The highest BCUT2D eigenvalue weighted by Crippen LogP contribution is 2.23. The van der Waals surface area contributed by atoms with Gasteiger partial charge >= 0.3 is 0 Å². The number of benzene rings is 3. The predicted molar refractivity (Wildman–Crippen MR) is 137 cm³/mol. The molecule has 0 N–H and O–H groups in total. The molecule has 2 heterocycles. The van der Waals surface area contributed by atoms with Crippen LogP contribution in [-0.4, -0.2) is 30.6 Å². The molecule has 0 aliphatic carbocycles. The van der Waals surface area contributed by atoms with Crippen LogP contribution in [0, 0.1) is 11.3 Å². The molecule has 3 aromatic carbocycles. The third-order valence-corrected chi connectivity index (χ3v) is 5.93. The highest BCUT2D eigenvalue weighted by atomic mass is 16.1. The summed E-state index contributed by atoms with van der Waals surface area (Å²) in [7, 11) is 0. The van der Waals surface area contributed by atoms with Crippen LogP contribution >= 0.6 is 0 Å². The maximum atomic E-state index is 12.3. The number of fused-ring (bicyclic) bond motifs is 1. The lowest BCUT2D eigenvalue weighted by Gasteiger charge is -2.25. The number of carbonyl (C=O) groups excluding carboxylic acids is 1. The number of nitrogens with zero attached hydrogens (tertiary/aromatic N) is 6. The van der Waals surface area contributed by atoms with Gasteiger partial charge in [-0.3, -0.25) is 0 Å². The van der Waals surface area contributed by atoms with E-state index >= 15 is 0 Å². The number of aromatic nitrogens is 4. The Kier molecular flexibility index (Phi) is 6.61. The van der Waals surface area contributed by atoms with Crippen LogP contribution in [0.5, 0.6) is 0 Å². The molecule has 174 valence electrons. The third kappa shape index (κ3) is 5.05. The van der Waals surface area contributed by atoms with Crippen molar-refractivity contribution in [2.75, 3.05) is 0 Å². The second-order valence-corrected chi connectivity index (χ2v) is 8.37. The zero-order valence-corrected chi connectivity index (χ0v) is 19.5. The fourth-order valence-corrected chi connectivity index (χ4v) is 4.08. The molecular formula is C29H22N6O. The summed E-state index contributed by atoms with van der Waals surface area (Å²) in [6.45, 7) is 1.36. The molecule has 2 aromatic heterocycles. The minimum atomic E-state index is 0.338. The molecule has 36 heavy (non-hydrogen) atoms. The summed E-state index contributed by atoms with van der Waals surface area (Å²) in [5.74, 6) is 2.84. The van der Waals surface area contributed by atoms with E-state index in [0.717, 1.165) is 22.0 Å². The van der Waals surface area contributed by atoms with E-state index in [9.17, 15) is 4.79 Å². The Bertz CT molecular complexity index is 1580. The van der Waals surface area contributed by atoms with E-state index in [4.69, 9.17) is 10.2 Å². The van der Waals surface area contributed by atoms with Gasteiger partial charge in [0.25, 0.3) is 0 Å². The molecule has 0 radical (unpaired) electrons. The van der Waals surface area contributed by atoms with Crippen molar-refractivity contribution in [2.45, 2.75) is 19.6 Å². The van der Waals surface area contributed by atoms with Crippen molar-refractivity contribution >= 4 is 22.5 Å². The highest BCUT2D eigenvalue weighted by Gasteiger charge is 2.19. The van der Waals surface area contributed by atoms with Crippen molar-refractivity contribution < 1.29 is 4.79 Å². The fourth-order valence-electron chi connectivity index (χ4n) is 4.08. The average molecular weight is 471 g/mol. The molecule has 0 aliphatic heterocycles. The average Bonchev–Trinajstić information content (AvgIpc) is 3.36. The van der Waals surface area contributed by atoms with Gasteiger partial charge in [-0.15, -0.1) is 10.2 Å². The first-order valence-electron chi connectivity index (χ1n) is 11.5. The van der Waals surface area contributed by atoms with Crippen LogP contribution in [0.2, 0.25) is 0 Å². The van der Waals surface area contributed by atoms with Crippen molar-refractivity contribution in [3.05, 3.63) is 126 Å². The summed E-state index contributed by atoms with van der Waals surface area (Å²) in [5, 5.41) is 18.5. The first-order chi connectivity index (χ1) is 17.7. The van der Waals surface area contributed by atoms with Gasteiger partial charge in [-0.2, -0.15) is 5.26 Å². The molecule has 0 spiro atoms. The van der Waals surface area contributed by atoms with Gasteiger partial charge in [0.05, 0.1) is 35.9 Å². The molecule has 7 nitrogen and oxygen atoms in total. The number of hydrogen-bond acceptors (Lipinski definition) is 6. The van der Waals surface area contributed by atoms with Crippen molar-refractivity contribution in [3.8, 4) is 6.07 Å². The lowest BCUT2D eigenvalue weighted by Crippen LogP contribution is -2.24. The largest absolute Gasteiger partial charge is 0.349 e. The SMILES string of the molecule is N#Cc1ccc(Cn2cnnc2CN(Cc2ccccc2)C(=C=O)c2ccc3ccccc3n2)cc1. The zero-order chi connectivity index (χ0) is 24.7. The van der Waals surface area contributed by atoms with Gasteiger partial charge in [0.15, 0.2) is 11.8 Å². The lowest BCUT2D eigenvalue weighted by atomic mass is 10.1. The van der Waals surface area contributed by atoms with E-state index in [0.29, 0.717) is 42.4 Å². The number of nitriles is 1. The fraction of sp³-hybridized carbons (Fsp3) is 0.103. The van der Waals surface area contributed by atoms with Crippen molar-refractivity contribution in [1.29, 1.82) is 5.26 Å². The molecule has 0 saturated heterocycles. The Hall–Kier alpha value is -5.05. The van der Waals surface area contributed by atoms with E-state index in [1.165, 1.54) is 0 Å². The maximum Gasteiger partial charge on any atom is 0.152 e. The summed E-state index contributed by atoms with van der Waals surface area (Å²) in [6, 6.07) is 31.1. The normalized spacial score (nSPS) is 10.5. The van der Waals surface area contributed by atoms with Crippen molar-refractivity contribution in [3.63, 3.8) is 0 Å². The molecule has 0 atom stereocenters. The molecule has 0 saturated carbocycles. The summed E-state index contributed by atoms with van der Waals surface area (Å²) >= 11 is 0. The van der Waals surface area contributed by atoms with E-state index in [1.54, 1.807) is 18.5 Å². The first kappa shape index (κ1) is 22.7. The molecule has 7 heteroatoms. The molecular weight excluding hydrogens is 448 g/mol. The second kappa shape index (κ2) is 10.5. The van der Waals surface area contributed by atoms with E-state index in [2.05, 4.69) is 22.2 Å². The van der Waals surface area contributed by atoms with Crippen molar-refractivity contribution in [1.82, 2.24) is 24.6 Å². The minimum absolute atomic E-state index is 0.338. The highest BCUT2D eigenvalue weighted by molar-refractivity contribution is 5.88. The van der Waals surface area contributed by atoms with Crippen LogP contribution in [0.3, 0.4) is 0 Å². The summed E-state index contributed by atoms with van der Waals surface area (Å²) < 4.78 is 1.94. The molecule has 0 fully saturated rings. The Labute approximate surface area is 208 Å². The smallest absolute Gasteiger partial charge is 0.152 e. The molecule has 0 unspecified atom stereocenters. The van der Waals surface area contributed by atoms with Crippen LogP contribution in [0.25, 0.3) is 16.6 Å². The van der Waals surface area contributed by atoms with Crippen LogP contribution in [0.1, 0.15) is 28.2 Å². The monoisotopic (exact) mass is 470 g/mol. The molecule has 5 aromatic rings. The Balaban J connectivity index is 1.47. The first-order valence-corrected chi connectivity index (χ1v) is 11.5. The van der Waals surface area contributed by atoms with Gasteiger partial charge in [-0.05, 0) is 35.4 Å². The molecule has 0 bridgehead atoms. The predicted octanol–water partition coefficient (Wildman–Crippen LogP) is 4.62. The van der Waals surface area contributed by atoms with Gasteiger partial charge in [-0.1, -0.05) is 66.7 Å². The van der Waals surface area contributed by atoms with Crippen LogP contribution in [-0.2, 0) is 24.4 Å². The second-order valence-electron chi connectivity index (χ2n) is 8.37. The molecule has 0 amide bonds. The van der Waals surface area contributed by atoms with Crippen LogP contribution in [0.4, 0.5) is 0 Å². The number of para-hydroxylation sites is 1. The topological polar surface area (TPSA) is 87.7 Å². The summed E-state index contributed by atoms with van der Waals surface area (Å²) in [5.41, 5.74) is 4.40. The number of hydrogen-bond donors (Lipinski definition) is 0. The van der Waals surface area contributed by atoms with Crippen LogP contribution in [0.15, 0.2) is 97.3 Å².